The van der Waals surface area contributed by atoms with Gasteiger partial charge in [0.25, 0.3) is 11.7 Å². The molecular formula is C19H27N7O+2. The molecule has 142 valence electrons. The molecule has 4 heterocycles. The number of pyridine rings is 1. The van der Waals surface area contributed by atoms with Crippen molar-refractivity contribution in [3.05, 3.63) is 42.9 Å². The Kier molecular flexibility index (Phi) is 5.43. The molecule has 2 aromatic heterocycles. The molecule has 8 nitrogen and oxygen atoms in total. The Balaban J connectivity index is 1.22. The number of carbonyl (C=O) groups excluding carboxylic acids is 1. The van der Waals surface area contributed by atoms with Crippen molar-refractivity contribution in [3.8, 4) is 0 Å². The van der Waals surface area contributed by atoms with Crippen molar-refractivity contribution in [1.82, 2.24) is 14.9 Å². The Morgan fingerprint density at radius 1 is 0.963 bits per heavy atom. The fourth-order valence-corrected chi connectivity index (χ4v) is 3.76. The van der Waals surface area contributed by atoms with Crippen molar-refractivity contribution in [2.24, 2.45) is 0 Å². The number of hydrogen-bond acceptors (Lipinski definition) is 5. The topological polar surface area (TPSA) is 71.2 Å². The lowest BCUT2D eigenvalue weighted by Crippen LogP contribution is -3.16. The van der Waals surface area contributed by atoms with Gasteiger partial charge in [0.2, 0.25) is 5.95 Å². The lowest BCUT2D eigenvalue weighted by molar-refractivity contribution is -0.892. The standard InChI is InChI=1S/C19H25N7O/c27-18(25-12-14-26(15-13-25)19-21-6-3-7-22-19)16-23-8-10-24(11-9-23)17-4-1-2-5-20-17/h1-7H,8-16H2/p+2. The lowest BCUT2D eigenvalue weighted by Gasteiger charge is -2.35. The summed E-state index contributed by atoms with van der Waals surface area (Å²) in [5, 5.41) is 0. The number of amides is 1. The van der Waals surface area contributed by atoms with E-state index in [0.717, 1.165) is 64.1 Å². The van der Waals surface area contributed by atoms with Gasteiger partial charge in [0, 0.05) is 44.6 Å². The zero-order chi connectivity index (χ0) is 18.5. The molecule has 2 saturated heterocycles. The minimum atomic E-state index is 0.262. The van der Waals surface area contributed by atoms with Crippen LogP contribution in [0.25, 0.3) is 0 Å². The van der Waals surface area contributed by atoms with Gasteiger partial charge in [-0.25, -0.2) is 15.0 Å². The molecule has 4 rings (SSSR count). The van der Waals surface area contributed by atoms with Crippen LogP contribution in [-0.2, 0) is 4.79 Å². The molecule has 0 saturated carbocycles. The Bertz CT molecular complexity index is 726. The summed E-state index contributed by atoms with van der Waals surface area (Å²) >= 11 is 0. The molecular weight excluding hydrogens is 342 g/mol. The summed E-state index contributed by atoms with van der Waals surface area (Å²) in [5.41, 5.74) is 0. The fourth-order valence-electron chi connectivity index (χ4n) is 3.76. The monoisotopic (exact) mass is 369 g/mol. The van der Waals surface area contributed by atoms with E-state index in [4.69, 9.17) is 0 Å². The number of quaternary nitrogens is 1. The molecule has 8 heteroatoms. The lowest BCUT2D eigenvalue weighted by atomic mass is 10.2. The van der Waals surface area contributed by atoms with E-state index in [2.05, 4.69) is 36.9 Å². The molecule has 2 aliphatic rings. The molecule has 2 N–H and O–H groups in total. The van der Waals surface area contributed by atoms with Crippen molar-refractivity contribution < 1.29 is 14.7 Å². The van der Waals surface area contributed by atoms with Crippen LogP contribution in [0.3, 0.4) is 0 Å². The van der Waals surface area contributed by atoms with Gasteiger partial charge in [-0.15, -0.1) is 0 Å². The second-order valence-corrected chi connectivity index (χ2v) is 7.08. The Morgan fingerprint density at radius 3 is 2.37 bits per heavy atom. The zero-order valence-corrected chi connectivity index (χ0v) is 15.5. The highest BCUT2D eigenvalue weighted by atomic mass is 16.2. The Labute approximate surface area is 159 Å². The molecule has 2 fully saturated rings. The van der Waals surface area contributed by atoms with Gasteiger partial charge in [-0.3, -0.25) is 9.69 Å². The van der Waals surface area contributed by atoms with Gasteiger partial charge in [-0.05, 0) is 12.1 Å². The first-order valence-corrected chi connectivity index (χ1v) is 9.64. The third kappa shape index (κ3) is 4.33. The van der Waals surface area contributed by atoms with Crippen LogP contribution < -0.4 is 19.7 Å². The average Bonchev–Trinajstić information content (AvgIpc) is 2.76. The number of nitrogens with zero attached hydrogens (tertiary/aromatic N) is 5. The minimum absolute atomic E-state index is 0.262. The van der Waals surface area contributed by atoms with Crippen LogP contribution in [0.1, 0.15) is 0 Å². The summed E-state index contributed by atoms with van der Waals surface area (Å²) in [5.74, 6) is 2.17. The number of nitrogens with one attached hydrogen (secondary N) is 2. The van der Waals surface area contributed by atoms with Crippen LogP contribution in [0.2, 0.25) is 0 Å². The summed E-state index contributed by atoms with van der Waals surface area (Å²) < 4.78 is 0. The first kappa shape index (κ1) is 17.7. The number of carbonyl (C=O) groups is 1. The van der Waals surface area contributed by atoms with Gasteiger partial charge in [0.05, 0.1) is 6.20 Å². The number of H-pyrrole nitrogens is 1. The largest absolute Gasteiger partial charge is 0.337 e. The maximum Gasteiger partial charge on any atom is 0.277 e. The fraction of sp³-hybridized carbons (Fsp3) is 0.474. The first-order valence-electron chi connectivity index (χ1n) is 9.64. The number of piperazine rings is 2. The van der Waals surface area contributed by atoms with Crippen molar-refractivity contribution in [2.75, 3.05) is 68.7 Å². The molecule has 1 amide bonds. The van der Waals surface area contributed by atoms with E-state index < -0.39 is 0 Å². The first-order chi connectivity index (χ1) is 13.3. The van der Waals surface area contributed by atoms with E-state index in [9.17, 15) is 4.79 Å². The van der Waals surface area contributed by atoms with Gasteiger partial charge in [0.1, 0.15) is 26.2 Å². The van der Waals surface area contributed by atoms with Crippen LogP contribution in [0.5, 0.6) is 0 Å². The molecule has 0 atom stereocenters. The Hall–Kier alpha value is -2.74. The maximum atomic E-state index is 12.7. The number of aromatic amines is 1. The third-order valence-electron chi connectivity index (χ3n) is 5.37. The number of anilines is 2. The summed E-state index contributed by atoms with van der Waals surface area (Å²) in [7, 11) is 0. The predicted octanol–water partition coefficient (Wildman–Crippen LogP) is -1.66. The third-order valence-corrected chi connectivity index (χ3v) is 5.37. The molecule has 0 unspecified atom stereocenters. The van der Waals surface area contributed by atoms with E-state index in [1.165, 1.54) is 4.90 Å². The SMILES string of the molecule is O=C(C[NH+]1CCN(c2cccc[nH+]2)CC1)N1CCN(c2ncccn2)CC1. The van der Waals surface area contributed by atoms with Crippen LogP contribution in [0.15, 0.2) is 42.9 Å². The average molecular weight is 369 g/mol. The van der Waals surface area contributed by atoms with Gasteiger partial charge in [0.15, 0.2) is 6.54 Å². The second-order valence-electron chi connectivity index (χ2n) is 7.08. The van der Waals surface area contributed by atoms with E-state index in [1.54, 1.807) is 12.4 Å². The zero-order valence-electron chi connectivity index (χ0n) is 15.5. The van der Waals surface area contributed by atoms with E-state index in [-0.39, 0.29) is 5.91 Å². The minimum Gasteiger partial charge on any atom is -0.337 e. The second kappa shape index (κ2) is 8.30. The van der Waals surface area contributed by atoms with Gasteiger partial charge < -0.3 is 14.7 Å². The highest BCUT2D eigenvalue weighted by molar-refractivity contribution is 5.77. The molecule has 0 aliphatic carbocycles. The van der Waals surface area contributed by atoms with E-state index >= 15 is 0 Å². The number of rotatable bonds is 4. The van der Waals surface area contributed by atoms with Crippen LogP contribution >= 0.6 is 0 Å². The molecule has 0 aromatic carbocycles. The van der Waals surface area contributed by atoms with Crippen molar-refractivity contribution >= 4 is 17.7 Å². The van der Waals surface area contributed by atoms with Crippen LogP contribution in [-0.4, -0.2) is 79.7 Å². The number of aromatic nitrogens is 3. The van der Waals surface area contributed by atoms with Crippen LogP contribution in [0, 0.1) is 0 Å². The number of hydrogen-bond donors (Lipinski definition) is 1. The summed E-state index contributed by atoms with van der Waals surface area (Å²) in [6, 6.07) is 7.97. The molecule has 0 spiro atoms. The molecule has 27 heavy (non-hydrogen) atoms. The molecule has 2 aromatic rings. The van der Waals surface area contributed by atoms with Crippen molar-refractivity contribution in [1.29, 1.82) is 0 Å². The van der Waals surface area contributed by atoms with Gasteiger partial charge in [-0.2, -0.15) is 0 Å². The van der Waals surface area contributed by atoms with Crippen molar-refractivity contribution in [3.63, 3.8) is 0 Å². The summed E-state index contributed by atoms with van der Waals surface area (Å²) in [6.07, 6.45) is 5.48. The molecule has 2 aliphatic heterocycles. The van der Waals surface area contributed by atoms with E-state index in [1.807, 2.05) is 23.2 Å². The predicted molar refractivity (Wildman–Crippen MR) is 102 cm³/mol. The normalized spacial score (nSPS) is 18.6. The summed E-state index contributed by atoms with van der Waals surface area (Å²) in [4.78, 5) is 32.4. The summed E-state index contributed by atoms with van der Waals surface area (Å²) in [6.45, 7) is 7.60. The van der Waals surface area contributed by atoms with Gasteiger partial charge >= 0.3 is 0 Å². The van der Waals surface area contributed by atoms with Crippen LogP contribution in [0.4, 0.5) is 11.8 Å². The maximum absolute atomic E-state index is 12.7. The Morgan fingerprint density at radius 2 is 1.70 bits per heavy atom. The molecule has 0 radical (unpaired) electrons. The highest BCUT2D eigenvalue weighted by Gasteiger charge is 2.30. The quantitative estimate of drug-likeness (QED) is 0.699. The smallest absolute Gasteiger partial charge is 0.277 e. The highest BCUT2D eigenvalue weighted by Crippen LogP contribution is 2.09. The molecule has 0 bridgehead atoms. The van der Waals surface area contributed by atoms with Crippen molar-refractivity contribution in [2.45, 2.75) is 0 Å². The van der Waals surface area contributed by atoms with Gasteiger partial charge in [-0.1, -0.05) is 6.07 Å². The van der Waals surface area contributed by atoms with E-state index in [0.29, 0.717) is 6.54 Å².